The molecule has 1 aromatic heterocycles. The lowest BCUT2D eigenvalue weighted by molar-refractivity contribution is -0.141. The summed E-state index contributed by atoms with van der Waals surface area (Å²) in [5, 5.41) is 8.79. The van der Waals surface area contributed by atoms with Gasteiger partial charge in [-0.1, -0.05) is 6.92 Å². The minimum Gasteiger partial charge on any atom is -0.481 e. The molecule has 0 radical (unpaired) electrons. The number of halogens is 1. The van der Waals surface area contributed by atoms with Gasteiger partial charge in [-0.2, -0.15) is 0 Å². The quantitative estimate of drug-likeness (QED) is 0.905. The molecule has 14 heavy (non-hydrogen) atoms. The number of carboxylic acids is 1. The number of nitrogens with zero attached hydrogens (tertiary/aromatic N) is 1. The standard InChI is InChI=1S/C10H12BrNO2/c1-6(10(13)14)3-8-7(2)4-12-5-9(8)11/h4-6H,3H2,1-2H3,(H,13,14). The van der Waals surface area contributed by atoms with Crippen LogP contribution in [0.2, 0.25) is 0 Å². The average Bonchev–Trinajstić information content (AvgIpc) is 2.11. The molecule has 3 nitrogen and oxygen atoms in total. The van der Waals surface area contributed by atoms with Crippen LogP contribution in [0.4, 0.5) is 0 Å². The SMILES string of the molecule is Cc1cncc(Br)c1CC(C)C(=O)O. The Hall–Kier alpha value is -0.900. The van der Waals surface area contributed by atoms with Gasteiger partial charge in [0.05, 0.1) is 5.92 Å². The Balaban J connectivity index is 2.91. The van der Waals surface area contributed by atoms with E-state index in [9.17, 15) is 4.79 Å². The summed E-state index contributed by atoms with van der Waals surface area (Å²) in [4.78, 5) is 14.7. The lowest BCUT2D eigenvalue weighted by atomic mass is 9.99. The molecule has 0 bridgehead atoms. The molecule has 0 aliphatic heterocycles. The molecule has 0 saturated carbocycles. The summed E-state index contributed by atoms with van der Waals surface area (Å²) in [6.45, 7) is 3.64. The fraction of sp³-hybridized carbons (Fsp3) is 0.400. The first kappa shape index (κ1) is 11.2. The van der Waals surface area contributed by atoms with Crippen molar-refractivity contribution in [3.8, 4) is 0 Å². The van der Waals surface area contributed by atoms with Gasteiger partial charge in [0, 0.05) is 16.9 Å². The maximum absolute atomic E-state index is 10.7. The fourth-order valence-corrected chi connectivity index (χ4v) is 1.80. The first-order valence-corrected chi connectivity index (χ1v) is 5.13. The molecule has 1 unspecified atom stereocenters. The van der Waals surface area contributed by atoms with Crippen molar-refractivity contribution in [1.29, 1.82) is 0 Å². The van der Waals surface area contributed by atoms with Crippen LogP contribution in [0.1, 0.15) is 18.1 Å². The molecule has 1 aromatic rings. The van der Waals surface area contributed by atoms with Crippen molar-refractivity contribution in [2.45, 2.75) is 20.3 Å². The monoisotopic (exact) mass is 257 g/mol. The summed E-state index contributed by atoms with van der Waals surface area (Å²) in [5.41, 5.74) is 2.04. The maximum Gasteiger partial charge on any atom is 0.306 e. The predicted octanol–water partition coefficient (Wildman–Crippen LogP) is 2.42. The van der Waals surface area contributed by atoms with Crippen LogP contribution in [0.15, 0.2) is 16.9 Å². The third kappa shape index (κ3) is 2.54. The van der Waals surface area contributed by atoms with Gasteiger partial charge in [0.2, 0.25) is 0 Å². The number of rotatable bonds is 3. The van der Waals surface area contributed by atoms with Gasteiger partial charge in [-0.15, -0.1) is 0 Å². The molecular formula is C10H12BrNO2. The summed E-state index contributed by atoms with van der Waals surface area (Å²) < 4.78 is 0.880. The van der Waals surface area contributed by atoms with Crippen molar-refractivity contribution >= 4 is 21.9 Å². The molecule has 0 aliphatic carbocycles. The molecule has 1 N–H and O–H groups in total. The van der Waals surface area contributed by atoms with Gasteiger partial charge in [-0.25, -0.2) is 0 Å². The molecular weight excluding hydrogens is 246 g/mol. The van der Waals surface area contributed by atoms with E-state index in [0.29, 0.717) is 6.42 Å². The maximum atomic E-state index is 10.7. The lowest BCUT2D eigenvalue weighted by Gasteiger charge is -2.10. The van der Waals surface area contributed by atoms with Gasteiger partial charge in [0.1, 0.15) is 0 Å². The Bertz CT molecular complexity index is 332. The van der Waals surface area contributed by atoms with Gasteiger partial charge in [-0.3, -0.25) is 9.78 Å². The lowest BCUT2D eigenvalue weighted by Crippen LogP contribution is -2.13. The molecule has 1 rings (SSSR count). The number of aromatic nitrogens is 1. The molecule has 1 atom stereocenters. The average molecular weight is 258 g/mol. The van der Waals surface area contributed by atoms with Crippen LogP contribution < -0.4 is 0 Å². The summed E-state index contributed by atoms with van der Waals surface area (Å²) in [6.07, 6.45) is 3.97. The Labute approximate surface area is 91.3 Å². The normalized spacial score (nSPS) is 12.5. The predicted molar refractivity (Wildman–Crippen MR) is 57.2 cm³/mol. The second-order valence-corrected chi connectivity index (χ2v) is 4.21. The summed E-state index contributed by atoms with van der Waals surface area (Å²) in [7, 11) is 0. The second-order valence-electron chi connectivity index (χ2n) is 3.36. The van der Waals surface area contributed by atoms with Crippen LogP contribution in [0.3, 0.4) is 0 Å². The van der Waals surface area contributed by atoms with E-state index in [4.69, 9.17) is 5.11 Å². The van der Waals surface area contributed by atoms with Crippen LogP contribution in [-0.4, -0.2) is 16.1 Å². The molecule has 1 heterocycles. The van der Waals surface area contributed by atoms with Crippen molar-refractivity contribution in [3.05, 3.63) is 28.0 Å². The number of aryl methyl sites for hydroxylation is 1. The number of hydrogen-bond donors (Lipinski definition) is 1. The van der Waals surface area contributed by atoms with Gasteiger partial charge in [0.25, 0.3) is 0 Å². The van der Waals surface area contributed by atoms with E-state index in [0.717, 1.165) is 15.6 Å². The zero-order valence-electron chi connectivity index (χ0n) is 8.12. The number of pyridine rings is 1. The Morgan fingerprint density at radius 2 is 2.29 bits per heavy atom. The van der Waals surface area contributed by atoms with E-state index in [-0.39, 0.29) is 5.92 Å². The van der Waals surface area contributed by atoms with Crippen molar-refractivity contribution < 1.29 is 9.90 Å². The summed E-state index contributed by atoms with van der Waals surface area (Å²) >= 11 is 3.37. The Morgan fingerprint density at radius 3 is 2.79 bits per heavy atom. The first-order valence-electron chi connectivity index (χ1n) is 4.34. The van der Waals surface area contributed by atoms with E-state index in [1.165, 1.54) is 0 Å². The highest BCUT2D eigenvalue weighted by molar-refractivity contribution is 9.10. The largest absolute Gasteiger partial charge is 0.481 e. The van der Waals surface area contributed by atoms with E-state index in [1.54, 1.807) is 19.3 Å². The third-order valence-electron chi connectivity index (χ3n) is 2.15. The molecule has 0 fully saturated rings. The summed E-state index contributed by atoms with van der Waals surface area (Å²) in [5.74, 6) is -1.14. The molecule has 0 aromatic carbocycles. The molecule has 0 saturated heterocycles. The zero-order valence-corrected chi connectivity index (χ0v) is 9.71. The van der Waals surface area contributed by atoms with Gasteiger partial charge in [0.15, 0.2) is 0 Å². The van der Waals surface area contributed by atoms with Crippen molar-refractivity contribution in [2.24, 2.45) is 5.92 Å². The summed E-state index contributed by atoms with van der Waals surface area (Å²) in [6, 6.07) is 0. The van der Waals surface area contributed by atoms with Gasteiger partial charge < -0.3 is 5.11 Å². The van der Waals surface area contributed by atoms with Crippen LogP contribution in [-0.2, 0) is 11.2 Å². The number of carbonyl (C=O) groups is 1. The number of hydrogen-bond acceptors (Lipinski definition) is 2. The molecule has 4 heteroatoms. The number of carboxylic acid groups (broad SMARTS) is 1. The topological polar surface area (TPSA) is 50.2 Å². The Kier molecular flexibility index (Phi) is 3.63. The van der Waals surface area contributed by atoms with Gasteiger partial charge in [-0.05, 0) is 40.4 Å². The first-order chi connectivity index (χ1) is 6.52. The van der Waals surface area contributed by atoms with Crippen LogP contribution in [0.5, 0.6) is 0 Å². The molecule has 0 amide bonds. The highest BCUT2D eigenvalue weighted by Gasteiger charge is 2.14. The highest BCUT2D eigenvalue weighted by atomic mass is 79.9. The van der Waals surface area contributed by atoms with E-state index in [1.807, 2.05) is 6.92 Å². The number of aliphatic carboxylic acids is 1. The molecule has 76 valence electrons. The van der Waals surface area contributed by atoms with E-state index >= 15 is 0 Å². The van der Waals surface area contributed by atoms with Crippen molar-refractivity contribution in [1.82, 2.24) is 4.98 Å². The minimum absolute atomic E-state index is 0.368. The zero-order chi connectivity index (χ0) is 10.7. The molecule has 0 aliphatic rings. The third-order valence-corrected chi connectivity index (χ3v) is 2.84. The fourth-order valence-electron chi connectivity index (χ4n) is 1.21. The van der Waals surface area contributed by atoms with E-state index < -0.39 is 5.97 Å². The molecule has 0 spiro atoms. The van der Waals surface area contributed by atoms with Gasteiger partial charge >= 0.3 is 5.97 Å². The smallest absolute Gasteiger partial charge is 0.306 e. The van der Waals surface area contributed by atoms with Crippen LogP contribution >= 0.6 is 15.9 Å². The highest BCUT2D eigenvalue weighted by Crippen LogP contribution is 2.21. The van der Waals surface area contributed by atoms with Crippen molar-refractivity contribution in [2.75, 3.05) is 0 Å². The van der Waals surface area contributed by atoms with Crippen molar-refractivity contribution in [3.63, 3.8) is 0 Å². The van der Waals surface area contributed by atoms with E-state index in [2.05, 4.69) is 20.9 Å². The van der Waals surface area contributed by atoms with Crippen LogP contribution in [0, 0.1) is 12.8 Å². The second kappa shape index (κ2) is 4.55. The minimum atomic E-state index is -0.770. The van der Waals surface area contributed by atoms with Crippen LogP contribution in [0.25, 0.3) is 0 Å². The Morgan fingerprint density at radius 1 is 1.64 bits per heavy atom.